The maximum absolute atomic E-state index is 6.09. The Morgan fingerprint density at radius 1 is 1.39 bits per heavy atom. The third-order valence-electron chi connectivity index (χ3n) is 2.90. The molecule has 1 aromatic carbocycles. The summed E-state index contributed by atoms with van der Waals surface area (Å²) in [5.74, 6) is 1.17. The van der Waals surface area contributed by atoms with Crippen LogP contribution < -0.4 is 5.32 Å². The van der Waals surface area contributed by atoms with E-state index in [4.69, 9.17) is 16.1 Å². The van der Waals surface area contributed by atoms with Crippen molar-refractivity contribution in [1.82, 2.24) is 15.5 Å². The highest BCUT2D eigenvalue weighted by Crippen LogP contribution is 2.25. The number of rotatable bonds is 5. The molecule has 18 heavy (non-hydrogen) atoms. The molecule has 1 aromatic heterocycles. The SMILES string of the molecule is CCC(Cc1nc(-c2ccccc2Cl)no1)NC. The van der Waals surface area contributed by atoms with Crippen LogP contribution in [-0.4, -0.2) is 23.2 Å². The fraction of sp³-hybridized carbons (Fsp3) is 0.385. The minimum absolute atomic E-state index is 0.351. The Balaban J connectivity index is 2.18. The lowest BCUT2D eigenvalue weighted by Gasteiger charge is -2.09. The van der Waals surface area contributed by atoms with Gasteiger partial charge < -0.3 is 9.84 Å². The van der Waals surface area contributed by atoms with Gasteiger partial charge in [-0.25, -0.2) is 0 Å². The van der Waals surface area contributed by atoms with E-state index in [-0.39, 0.29) is 0 Å². The summed E-state index contributed by atoms with van der Waals surface area (Å²) in [6, 6.07) is 7.83. The van der Waals surface area contributed by atoms with Crippen LogP contribution in [0.5, 0.6) is 0 Å². The first kappa shape index (κ1) is 13.1. The van der Waals surface area contributed by atoms with Crippen LogP contribution in [-0.2, 0) is 6.42 Å². The highest BCUT2D eigenvalue weighted by Gasteiger charge is 2.14. The number of nitrogens with one attached hydrogen (secondary N) is 1. The predicted octanol–water partition coefficient (Wildman–Crippen LogP) is 2.93. The zero-order chi connectivity index (χ0) is 13.0. The van der Waals surface area contributed by atoms with Gasteiger partial charge in [0.25, 0.3) is 0 Å². The van der Waals surface area contributed by atoms with Gasteiger partial charge in [0.1, 0.15) is 0 Å². The summed E-state index contributed by atoms with van der Waals surface area (Å²) in [7, 11) is 1.93. The van der Waals surface area contributed by atoms with Crippen LogP contribution in [0.4, 0.5) is 0 Å². The monoisotopic (exact) mass is 265 g/mol. The fourth-order valence-electron chi connectivity index (χ4n) is 1.75. The smallest absolute Gasteiger partial charge is 0.228 e. The van der Waals surface area contributed by atoms with Crippen LogP contribution in [0.15, 0.2) is 28.8 Å². The Hall–Kier alpha value is -1.39. The molecule has 0 aliphatic heterocycles. The van der Waals surface area contributed by atoms with Crippen LogP contribution >= 0.6 is 11.6 Å². The van der Waals surface area contributed by atoms with Gasteiger partial charge in [0.2, 0.25) is 11.7 Å². The highest BCUT2D eigenvalue weighted by molar-refractivity contribution is 6.33. The summed E-state index contributed by atoms with van der Waals surface area (Å²) in [5.41, 5.74) is 0.798. The van der Waals surface area contributed by atoms with Gasteiger partial charge in [0.15, 0.2) is 0 Å². The van der Waals surface area contributed by atoms with Crippen LogP contribution in [0, 0.1) is 0 Å². The van der Waals surface area contributed by atoms with E-state index in [1.807, 2.05) is 31.3 Å². The summed E-state index contributed by atoms with van der Waals surface area (Å²) in [4.78, 5) is 4.37. The van der Waals surface area contributed by atoms with Crippen molar-refractivity contribution in [2.24, 2.45) is 0 Å². The summed E-state index contributed by atoms with van der Waals surface area (Å²) < 4.78 is 5.25. The lowest BCUT2D eigenvalue weighted by Crippen LogP contribution is -2.26. The highest BCUT2D eigenvalue weighted by atomic mass is 35.5. The molecule has 0 saturated heterocycles. The van der Waals surface area contributed by atoms with Gasteiger partial charge in [-0.2, -0.15) is 4.98 Å². The molecule has 0 bridgehead atoms. The lowest BCUT2D eigenvalue weighted by atomic mass is 10.1. The molecule has 1 N–H and O–H groups in total. The van der Waals surface area contributed by atoms with E-state index in [1.54, 1.807) is 0 Å². The van der Waals surface area contributed by atoms with Crippen molar-refractivity contribution in [3.63, 3.8) is 0 Å². The second kappa shape index (κ2) is 5.98. The Bertz CT molecular complexity index is 508. The first-order valence-corrected chi connectivity index (χ1v) is 6.37. The molecule has 96 valence electrons. The van der Waals surface area contributed by atoms with E-state index in [9.17, 15) is 0 Å². The molecule has 0 aliphatic rings. The van der Waals surface area contributed by atoms with Crippen LogP contribution in [0.3, 0.4) is 0 Å². The largest absolute Gasteiger partial charge is 0.339 e. The van der Waals surface area contributed by atoms with E-state index < -0.39 is 0 Å². The molecule has 1 heterocycles. The van der Waals surface area contributed by atoms with E-state index >= 15 is 0 Å². The van der Waals surface area contributed by atoms with Gasteiger partial charge in [-0.05, 0) is 25.6 Å². The van der Waals surface area contributed by atoms with E-state index in [0.29, 0.717) is 22.8 Å². The number of aromatic nitrogens is 2. The number of nitrogens with zero attached hydrogens (tertiary/aromatic N) is 2. The summed E-state index contributed by atoms with van der Waals surface area (Å²) in [6.07, 6.45) is 1.74. The van der Waals surface area contributed by atoms with Crippen LogP contribution in [0.25, 0.3) is 11.4 Å². The quantitative estimate of drug-likeness (QED) is 0.903. The number of benzene rings is 1. The Morgan fingerprint density at radius 2 is 2.17 bits per heavy atom. The van der Waals surface area contributed by atoms with Crippen molar-refractivity contribution < 1.29 is 4.52 Å². The molecule has 4 nitrogen and oxygen atoms in total. The fourth-order valence-corrected chi connectivity index (χ4v) is 1.97. The maximum atomic E-state index is 6.09. The predicted molar refractivity (Wildman–Crippen MR) is 71.6 cm³/mol. The molecule has 0 spiro atoms. The van der Waals surface area contributed by atoms with Crippen LogP contribution in [0.1, 0.15) is 19.2 Å². The third-order valence-corrected chi connectivity index (χ3v) is 3.23. The Labute approximate surface area is 111 Å². The normalized spacial score (nSPS) is 12.6. The molecule has 5 heteroatoms. The van der Waals surface area contributed by atoms with E-state index in [2.05, 4.69) is 22.4 Å². The molecular formula is C13H16ClN3O. The summed E-state index contributed by atoms with van der Waals surface area (Å²) in [6.45, 7) is 2.12. The van der Waals surface area contributed by atoms with Crippen molar-refractivity contribution in [3.05, 3.63) is 35.2 Å². The molecule has 0 saturated carbocycles. The molecule has 0 radical (unpaired) electrons. The van der Waals surface area contributed by atoms with E-state index in [0.717, 1.165) is 18.4 Å². The molecular weight excluding hydrogens is 250 g/mol. The standard InChI is InChI=1S/C13H16ClN3O/c1-3-9(15-2)8-12-16-13(17-18-12)10-6-4-5-7-11(10)14/h4-7,9,15H,3,8H2,1-2H3. The molecule has 0 amide bonds. The van der Waals surface area contributed by atoms with E-state index in [1.165, 1.54) is 0 Å². The minimum Gasteiger partial charge on any atom is -0.339 e. The minimum atomic E-state index is 0.351. The van der Waals surface area contributed by atoms with Crippen molar-refractivity contribution in [1.29, 1.82) is 0 Å². The topological polar surface area (TPSA) is 51.0 Å². The lowest BCUT2D eigenvalue weighted by molar-refractivity contribution is 0.359. The zero-order valence-corrected chi connectivity index (χ0v) is 11.2. The van der Waals surface area contributed by atoms with Crippen molar-refractivity contribution in [2.45, 2.75) is 25.8 Å². The zero-order valence-electron chi connectivity index (χ0n) is 10.5. The molecule has 1 atom stereocenters. The van der Waals surface area contributed by atoms with Gasteiger partial charge in [-0.1, -0.05) is 35.8 Å². The molecule has 2 aromatic rings. The summed E-state index contributed by atoms with van der Waals surface area (Å²) >= 11 is 6.09. The maximum Gasteiger partial charge on any atom is 0.228 e. The second-order valence-corrected chi connectivity index (χ2v) is 4.50. The number of hydrogen-bond acceptors (Lipinski definition) is 4. The van der Waals surface area contributed by atoms with Crippen molar-refractivity contribution in [3.8, 4) is 11.4 Å². The van der Waals surface area contributed by atoms with Gasteiger partial charge in [0.05, 0.1) is 5.02 Å². The first-order chi connectivity index (χ1) is 8.74. The van der Waals surface area contributed by atoms with Crippen molar-refractivity contribution in [2.75, 3.05) is 7.05 Å². The Morgan fingerprint density at radius 3 is 2.83 bits per heavy atom. The third kappa shape index (κ3) is 2.89. The van der Waals surface area contributed by atoms with Gasteiger partial charge >= 0.3 is 0 Å². The van der Waals surface area contributed by atoms with Crippen LogP contribution in [0.2, 0.25) is 5.02 Å². The average Bonchev–Trinajstić information content (AvgIpc) is 2.85. The van der Waals surface area contributed by atoms with Gasteiger partial charge in [-0.15, -0.1) is 0 Å². The average molecular weight is 266 g/mol. The number of halogens is 1. The molecule has 2 rings (SSSR count). The molecule has 0 aliphatic carbocycles. The first-order valence-electron chi connectivity index (χ1n) is 5.99. The van der Waals surface area contributed by atoms with Crippen molar-refractivity contribution >= 4 is 11.6 Å². The Kier molecular flexibility index (Phi) is 4.33. The number of hydrogen-bond donors (Lipinski definition) is 1. The van der Waals surface area contributed by atoms with Gasteiger partial charge in [-0.3, -0.25) is 0 Å². The molecule has 0 fully saturated rings. The number of likely N-dealkylation sites (N-methyl/N-ethyl adjacent to an activating group) is 1. The molecule has 1 unspecified atom stereocenters. The summed E-state index contributed by atoms with van der Waals surface area (Å²) in [5, 5.41) is 7.81. The second-order valence-electron chi connectivity index (χ2n) is 4.09. The van der Waals surface area contributed by atoms with Gasteiger partial charge in [0, 0.05) is 18.0 Å².